The van der Waals surface area contributed by atoms with E-state index in [1.54, 1.807) is 12.1 Å². The molecule has 5 heteroatoms. The second-order valence-electron chi connectivity index (χ2n) is 4.99. The average molecular weight is 252 g/mol. The zero-order valence-corrected chi connectivity index (χ0v) is 10.5. The quantitative estimate of drug-likeness (QED) is 0.861. The van der Waals surface area contributed by atoms with Crippen molar-refractivity contribution in [3.05, 3.63) is 30.1 Å². The highest BCUT2D eigenvalue weighted by Crippen LogP contribution is 2.30. The summed E-state index contributed by atoms with van der Waals surface area (Å²) in [5, 5.41) is 12.4. The minimum Gasteiger partial charge on any atom is -0.479 e. The van der Waals surface area contributed by atoms with Gasteiger partial charge in [0.05, 0.1) is 0 Å². The third-order valence-corrected chi connectivity index (χ3v) is 3.53. The number of halogens is 1. The SMILES string of the molecule is CC1CC(Nc2cccc(F)c2)(C(=O)O)CN1C. The summed E-state index contributed by atoms with van der Waals surface area (Å²) >= 11 is 0. The molecule has 1 aliphatic rings. The second-order valence-corrected chi connectivity index (χ2v) is 4.99. The summed E-state index contributed by atoms with van der Waals surface area (Å²) in [6, 6.07) is 6.07. The minimum absolute atomic E-state index is 0.183. The Morgan fingerprint density at radius 1 is 1.61 bits per heavy atom. The molecule has 2 atom stereocenters. The highest BCUT2D eigenvalue weighted by Gasteiger charge is 2.47. The summed E-state index contributed by atoms with van der Waals surface area (Å²) in [6.45, 7) is 2.39. The van der Waals surface area contributed by atoms with Crippen LogP contribution in [0.2, 0.25) is 0 Å². The van der Waals surface area contributed by atoms with Crippen molar-refractivity contribution in [1.29, 1.82) is 0 Å². The third-order valence-electron chi connectivity index (χ3n) is 3.53. The van der Waals surface area contributed by atoms with Crippen molar-refractivity contribution in [2.24, 2.45) is 0 Å². The number of carbonyl (C=O) groups is 1. The van der Waals surface area contributed by atoms with Crippen molar-refractivity contribution < 1.29 is 14.3 Å². The van der Waals surface area contributed by atoms with E-state index in [2.05, 4.69) is 5.32 Å². The summed E-state index contributed by atoms with van der Waals surface area (Å²) in [5.74, 6) is -1.28. The van der Waals surface area contributed by atoms with E-state index in [1.807, 2.05) is 18.9 Å². The first kappa shape index (κ1) is 12.8. The van der Waals surface area contributed by atoms with E-state index in [0.29, 0.717) is 18.7 Å². The molecule has 18 heavy (non-hydrogen) atoms. The predicted molar refractivity (Wildman–Crippen MR) is 67.1 cm³/mol. The van der Waals surface area contributed by atoms with Crippen LogP contribution in [0, 0.1) is 5.82 Å². The van der Waals surface area contributed by atoms with Gasteiger partial charge in [0.25, 0.3) is 0 Å². The summed E-state index contributed by atoms with van der Waals surface area (Å²) in [7, 11) is 1.89. The van der Waals surface area contributed by atoms with Gasteiger partial charge in [-0.2, -0.15) is 0 Å². The van der Waals surface area contributed by atoms with Crippen LogP contribution in [0.4, 0.5) is 10.1 Å². The van der Waals surface area contributed by atoms with Crippen LogP contribution in [0.25, 0.3) is 0 Å². The third kappa shape index (κ3) is 2.31. The maximum Gasteiger partial charge on any atom is 0.330 e. The molecule has 0 spiro atoms. The largest absolute Gasteiger partial charge is 0.479 e. The number of likely N-dealkylation sites (tertiary alicyclic amines) is 1. The van der Waals surface area contributed by atoms with Gasteiger partial charge in [-0.3, -0.25) is 0 Å². The zero-order valence-electron chi connectivity index (χ0n) is 10.5. The predicted octanol–water partition coefficient (Wildman–Crippen LogP) is 1.78. The van der Waals surface area contributed by atoms with Gasteiger partial charge in [-0.05, 0) is 38.6 Å². The van der Waals surface area contributed by atoms with E-state index in [-0.39, 0.29) is 11.9 Å². The van der Waals surface area contributed by atoms with Gasteiger partial charge in [0, 0.05) is 18.3 Å². The van der Waals surface area contributed by atoms with E-state index >= 15 is 0 Å². The van der Waals surface area contributed by atoms with E-state index in [1.165, 1.54) is 12.1 Å². The number of benzene rings is 1. The lowest BCUT2D eigenvalue weighted by molar-refractivity contribution is -0.141. The molecule has 1 aromatic carbocycles. The number of likely N-dealkylation sites (N-methyl/N-ethyl adjacent to an activating group) is 1. The summed E-state index contributed by atoms with van der Waals surface area (Å²) in [5.41, 5.74) is -0.540. The van der Waals surface area contributed by atoms with Crippen LogP contribution in [0.15, 0.2) is 24.3 Å². The first-order valence-electron chi connectivity index (χ1n) is 5.90. The molecule has 98 valence electrons. The van der Waals surface area contributed by atoms with Gasteiger partial charge in [-0.1, -0.05) is 6.07 Å². The summed E-state index contributed by atoms with van der Waals surface area (Å²) < 4.78 is 13.1. The molecule has 0 aromatic heterocycles. The van der Waals surface area contributed by atoms with Crippen LogP contribution < -0.4 is 5.32 Å². The number of nitrogens with one attached hydrogen (secondary N) is 1. The maximum absolute atomic E-state index is 13.1. The van der Waals surface area contributed by atoms with Gasteiger partial charge < -0.3 is 15.3 Å². The number of aliphatic carboxylic acids is 1. The smallest absolute Gasteiger partial charge is 0.330 e. The second kappa shape index (κ2) is 4.57. The van der Waals surface area contributed by atoms with Gasteiger partial charge in [0.1, 0.15) is 11.4 Å². The van der Waals surface area contributed by atoms with Gasteiger partial charge >= 0.3 is 5.97 Å². The molecule has 2 unspecified atom stereocenters. The zero-order chi connectivity index (χ0) is 13.3. The fraction of sp³-hybridized carbons (Fsp3) is 0.462. The number of anilines is 1. The molecule has 0 amide bonds. The molecule has 0 aliphatic carbocycles. The Kier molecular flexibility index (Phi) is 3.26. The Morgan fingerprint density at radius 2 is 2.33 bits per heavy atom. The first-order valence-corrected chi connectivity index (χ1v) is 5.90. The van der Waals surface area contributed by atoms with Crippen LogP contribution >= 0.6 is 0 Å². The molecule has 0 radical (unpaired) electrons. The molecule has 1 heterocycles. The molecule has 0 bridgehead atoms. The molecular formula is C13H17FN2O2. The summed E-state index contributed by atoms with van der Waals surface area (Å²) in [4.78, 5) is 13.5. The van der Waals surface area contributed by atoms with Crippen molar-refractivity contribution >= 4 is 11.7 Å². The fourth-order valence-corrected chi connectivity index (χ4v) is 2.45. The lowest BCUT2D eigenvalue weighted by Crippen LogP contribution is -2.48. The molecule has 1 aliphatic heterocycles. The van der Waals surface area contributed by atoms with E-state index < -0.39 is 11.5 Å². The van der Waals surface area contributed by atoms with Gasteiger partial charge in [0.15, 0.2) is 0 Å². The molecule has 2 N–H and O–H groups in total. The van der Waals surface area contributed by atoms with Crippen molar-refractivity contribution in [1.82, 2.24) is 4.90 Å². The lowest BCUT2D eigenvalue weighted by atomic mass is 9.96. The normalized spacial score (nSPS) is 28.3. The summed E-state index contributed by atoms with van der Waals surface area (Å²) in [6.07, 6.45) is 0.495. The van der Waals surface area contributed by atoms with Gasteiger partial charge in [-0.15, -0.1) is 0 Å². The highest BCUT2D eigenvalue weighted by atomic mass is 19.1. The van der Waals surface area contributed by atoms with Gasteiger partial charge in [-0.25, -0.2) is 9.18 Å². The average Bonchev–Trinajstić information content (AvgIpc) is 2.55. The molecule has 0 saturated carbocycles. The molecule has 1 aromatic rings. The van der Waals surface area contributed by atoms with Crippen LogP contribution in [-0.2, 0) is 4.79 Å². The van der Waals surface area contributed by atoms with Crippen molar-refractivity contribution in [2.45, 2.75) is 24.9 Å². The standard InChI is InChI=1S/C13H17FN2O2/c1-9-7-13(12(17)18,8-16(9)2)15-11-5-3-4-10(14)6-11/h3-6,9,15H,7-8H2,1-2H3,(H,17,18). The maximum atomic E-state index is 13.1. The molecular weight excluding hydrogens is 235 g/mol. The van der Waals surface area contributed by atoms with Crippen molar-refractivity contribution in [2.75, 3.05) is 18.9 Å². The van der Waals surface area contributed by atoms with Crippen LogP contribution in [0.3, 0.4) is 0 Å². The number of carboxylic acid groups (broad SMARTS) is 1. The topological polar surface area (TPSA) is 52.6 Å². The Bertz CT molecular complexity index is 454. The molecule has 2 rings (SSSR count). The van der Waals surface area contributed by atoms with Crippen LogP contribution in [0.1, 0.15) is 13.3 Å². The van der Waals surface area contributed by atoms with E-state index in [9.17, 15) is 14.3 Å². The van der Waals surface area contributed by atoms with Crippen molar-refractivity contribution in [3.63, 3.8) is 0 Å². The Morgan fingerprint density at radius 3 is 2.83 bits per heavy atom. The van der Waals surface area contributed by atoms with Crippen molar-refractivity contribution in [3.8, 4) is 0 Å². The molecule has 1 fully saturated rings. The number of rotatable bonds is 3. The number of hydrogen-bond acceptors (Lipinski definition) is 3. The molecule has 1 saturated heterocycles. The Hall–Kier alpha value is -1.62. The minimum atomic E-state index is -1.04. The van der Waals surface area contributed by atoms with Gasteiger partial charge in [0.2, 0.25) is 0 Å². The lowest BCUT2D eigenvalue weighted by Gasteiger charge is -2.26. The number of nitrogens with zero attached hydrogens (tertiary/aromatic N) is 1. The fourth-order valence-electron chi connectivity index (χ4n) is 2.45. The number of hydrogen-bond donors (Lipinski definition) is 2. The Labute approximate surface area is 105 Å². The van der Waals surface area contributed by atoms with E-state index in [4.69, 9.17) is 0 Å². The van der Waals surface area contributed by atoms with Crippen LogP contribution in [-0.4, -0.2) is 41.1 Å². The van der Waals surface area contributed by atoms with Crippen LogP contribution in [0.5, 0.6) is 0 Å². The van der Waals surface area contributed by atoms with E-state index in [0.717, 1.165) is 0 Å². The molecule has 4 nitrogen and oxygen atoms in total. The monoisotopic (exact) mass is 252 g/mol. The number of carboxylic acids is 1. The first-order chi connectivity index (χ1) is 8.43. The highest BCUT2D eigenvalue weighted by molar-refractivity contribution is 5.83. The Balaban J connectivity index is 2.25.